The van der Waals surface area contributed by atoms with Gasteiger partial charge in [-0.2, -0.15) is 8.42 Å². The van der Waals surface area contributed by atoms with Crippen molar-refractivity contribution in [3.63, 3.8) is 0 Å². The molecule has 0 saturated carbocycles. The summed E-state index contributed by atoms with van der Waals surface area (Å²) in [7, 11) is -1.91. The number of ether oxygens (including phenoxy) is 10. The molecule has 0 radical (unpaired) electrons. The average Bonchev–Trinajstić information content (AvgIpc) is 1.85. The largest absolute Gasteiger partial charge is 1.00 e. The monoisotopic (exact) mass is 1610 g/mol. The van der Waals surface area contributed by atoms with Crippen molar-refractivity contribution < 1.29 is 125 Å². The van der Waals surface area contributed by atoms with E-state index in [2.05, 4.69) is 45.1 Å². The van der Waals surface area contributed by atoms with Crippen molar-refractivity contribution in [2.75, 3.05) is 113 Å². The maximum absolute atomic E-state index is 12.5. The zero-order valence-electron chi connectivity index (χ0n) is 70.2. The van der Waals surface area contributed by atoms with Crippen LogP contribution in [0.25, 0.3) is 26.4 Å². The van der Waals surface area contributed by atoms with E-state index in [1.165, 1.54) is 42.7 Å². The van der Waals surface area contributed by atoms with Gasteiger partial charge in [0.2, 0.25) is 0 Å². The summed E-state index contributed by atoms with van der Waals surface area (Å²) in [5, 5.41) is 37.9. The molecule has 0 aromatic heterocycles. The zero-order valence-corrected chi connectivity index (χ0v) is 72.0. The molecule has 6 fully saturated rings. The van der Waals surface area contributed by atoms with Crippen molar-refractivity contribution >= 4 is 34.5 Å². The second-order valence-electron chi connectivity index (χ2n) is 31.6. The Morgan fingerprint density at radius 2 is 0.882 bits per heavy atom. The number of rotatable bonds is 22. The molecule has 6 saturated heterocycles. The number of azide groups is 1. The van der Waals surface area contributed by atoms with Gasteiger partial charge >= 0.3 is 53.9 Å². The number of nitrogens with two attached hydrogens (primary N) is 1. The van der Waals surface area contributed by atoms with E-state index in [0.29, 0.717) is 57.4 Å². The number of aliphatic hydroxyl groups is 3. The number of aliphatic hydroxyl groups excluding tert-OH is 3. The van der Waals surface area contributed by atoms with Crippen LogP contribution >= 0.6 is 0 Å². The third-order valence-electron chi connectivity index (χ3n) is 16.4. The van der Waals surface area contributed by atoms with E-state index in [1.54, 1.807) is 39.8 Å². The van der Waals surface area contributed by atoms with Crippen LogP contribution in [0.4, 0.5) is 19.2 Å². The van der Waals surface area contributed by atoms with E-state index < -0.39 is 62.9 Å². The van der Waals surface area contributed by atoms with Gasteiger partial charge in [0, 0.05) is 112 Å². The third-order valence-corrected chi connectivity index (χ3v) is 17.7. The van der Waals surface area contributed by atoms with Gasteiger partial charge in [-0.1, -0.05) is 51.5 Å². The van der Waals surface area contributed by atoms with Crippen LogP contribution in [-0.4, -0.2) is 213 Å². The average molecular weight is 1610 g/mol. The van der Waals surface area contributed by atoms with Crippen LogP contribution < -0.4 is 56.6 Å². The molecule has 6 aliphatic rings. The van der Waals surface area contributed by atoms with Crippen LogP contribution in [0.15, 0.2) is 34.3 Å². The minimum absolute atomic E-state index is 0. The predicted molar refractivity (Wildman–Crippen MR) is 427 cm³/mol. The number of benzene rings is 1. The van der Waals surface area contributed by atoms with Gasteiger partial charge in [-0.15, -0.1) is 0 Å². The van der Waals surface area contributed by atoms with Gasteiger partial charge in [-0.05, 0) is 260 Å². The smallest absolute Gasteiger partial charge is 0.444 e. The van der Waals surface area contributed by atoms with Crippen molar-refractivity contribution in [1.82, 2.24) is 21.3 Å². The molecule has 640 valence electrons. The summed E-state index contributed by atoms with van der Waals surface area (Å²) in [5.41, 5.74) is 26.5. The second kappa shape index (κ2) is 63.7. The first-order chi connectivity index (χ1) is 50.7. The summed E-state index contributed by atoms with van der Waals surface area (Å²) >= 11 is 0. The van der Waals surface area contributed by atoms with E-state index in [-0.39, 0.29) is 98.7 Å². The number of aryl methyl sites for hydroxylation is 1. The summed E-state index contributed by atoms with van der Waals surface area (Å²) in [6, 6.07) is 5.44. The van der Waals surface area contributed by atoms with Crippen LogP contribution in [-0.2, 0) is 61.7 Å². The van der Waals surface area contributed by atoms with Gasteiger partial charge in [0.15, 0.2) is 0 Å². The Hall–Kier alpha value is -4.57. The number of nitrogens with one attached hydrogen (secondary N) is 4. The minimum atomic E-state index is -3.91. The molecule has 6 aliphatic heterocycles. The molecule has 0 spiro atoms. The van der Waals surface area contributed by atoms with Gasteiger partial charge < -0.3 is 101 Å². The second-order valence-corrected chi connectivity index (χ2v) is 33.2. The van der Waals surface area contributed by atoms with E-state index >= 15 is 0 Å². The summed E-state index contributed by atoms with van der Waals surface area (Å²) in [4.78, 5) is 51.5. The maximum Gasteiger partial charge on any atom is 1.00 e. The van der Waals surface area contributed by atoms with E-state index in [0.717, 1.165) is 155 Å². The molecule has 33 heteroatoms. The first-order valence-corrected chi connectivity index (χ1v) is 39.1. The molecule has 0 unspecified atom stereocenters. The van der Waals surface area contributed by atoms with Gasteiger partial charge in [-0.3, -0.25) is 9.09 Å². The van der Waals surface area contributed by atoms with Crippen molar-refractivity contribution in [3.8, 4) is 0 Å². The number of nitrogens with zero attached hydrogens (tertiary/aromatic N) is 6. The Morgan fingerprint density at radius 3 is 1.18 bits per heavy atom. The molecule has 9 N–H and O–H groups in total. The van der Waals surface area contributed by atoms with Gasteiger partial charge in [0.25, 0.3) is 10.1 Å². The molecule has 0 aliphatic carbocycles. The van der Waals surface area contributed by atoms with Crippen LogP contribution in [0, 0.1) is 42.4 Å². The molecular formula is C77H150N11NaO20S. The summed E-state index contributed by atoms with van der Waals surface area (Å²) in [6.45, 7) is 39.6. The van der Waals surface area contributed by atoms with Crippen LogP contribution in [0.5, 0.6) is 0 Å². The fraction of sp³-hybridized carbons (Fsp3) is 0.870. The van der Waals surface area contributed by atoms with Crippen molar-refractivity contribution in [1.29, 1.82) is 0 Å². The first-order valence-electron chi connectivity index (χ1n) is 38.4. The van der Waals surface area contributed by atoms with Gasteiger partial charge in [-0.25, -0.2) is 19.2 Å². The van der Waals surface area contributed by atoms with E-state index in [4.69, 9.17) is 85.5 Å². The minimum Gasteiger partial charge on any atom is -0.444 e. The molecule has 7 rings (SSSR count). The quantitative estimate of drug-likeness (QED) is 0.0133. The SMILES string of the molecule is C.C.CC(C)(C)OC(=O)N[C@H](CN)C[C@H]1CCCOC1.CC(C)(C)OC(=O)N[C@H](CN=[N+]=[N-])C[C@H]1CCCOC1.CC(C)(C)OC(=O)N[C@H](CO)C[C@H]1CCCOC1.CC1(C)C[C@@H](C[C@H]2CCCOC2)CO1.CO.CO.Cc1ccc(S(=O)(=O)OC[C@H](C[C@H]2CCCOC2)NC(=O)OC(C)(C)C)cc1.[2H]CC.[N-]=[N+]=[N-].[Na+]. The number of alkyl carbamates (subject to hydrolysis) is 4. The Labute approximate surface area is 685 Å². The number of amides is 4. The number of carbonyl (C=O) groups is 4. The Kier molecular flexibility index (Phi) is 64.7. The molecule has 1 aromatic rings. The molecule has 6 heterocycles. The van der Waals surface area contributed by atoms with Crippen LogP contribution in [0.2, 0.25) is 0 Å². The van der Waals surface area contributed by atoms with E-state index in [1.807, 2.05) is 69.2 Å². The number of carbonyl (C=O) groups excluding carboxylic acids is 4. The Balaban J connectivity index is -0.000000412. The summed E-state index contributed by atoms with van der Waals surface area (Å²) in [6.07, 6.45) is 14.5. The molecule has 31 nitrogen and oxygen atoms in total. The maximum atomic E-state index is 12.5. The first kappa shape index (κ1) is 112. The fourth-order valence-electron chi connectivity index (χ4n) is 12.1. The van der Waals surface area contributed by atoms with Crippen molar-refractivity contribution in [2.24, 2.45) is 46.4 Å². The molecule has 4 amide bonds. The van der Waals surface area contributed by atoms with Gasteiger partial charge in [0.1, 0.15) is 22.4 Å². The fourth-order valence-corrected chi connectivity index (χ4v) is 13.0. The summed E-state index contributed by atoms with van der Waals surface area (Å²) < 4.78 is 90.3. The standard InChI is InChI=1S/C20H31NO6S.C13H24N4O3.C13H26N2O3.C13H25NO4.C12H22O2.C2H6.2CH4O.2CH4.N3.Na/c1-15-7-9-18(10-8-15)28(23,24)26-14-17(12-16-6-5-11-25-13-16)21-19(22)27-20(2,3)4;1-13(2,3)20-12(18)16-11(8-15-17-14)7-10-5-4-6-19-9-10;1-13(2,3)18-12(16)15-11(8-14)7-10-5-4-6-17-9-10;1-13(2,3)18-12(16)14-11(8-15)7-10-5-4-6-17-9-10;1-12(2)7-11(9-14-12)6-10-4-3-5-13-8-10;3*1-2;;;1-3-2;/h7-10,16-17H,5-6,11-14H2,1-4H3,(H,21,22);10-11H,4-9H2,1-3H3,(H,16,18);10-11H,4-9,14H2,1-3H3,(H,15,16);10-11,15H,4-9H2,1-3H3,(H,14,16);10-11H,3-9H2,1-2H3;1-2H3;2*2H,1H3;2*1H4;;/q;;;;;;;;;;-1;+1/t16-,17+;3*10-,11+;10-,11-;;;;;;;/m11111......./s1/i;;;;;1D;;;;;;. The van der Waals surface area contributed by atoms with E-state index in [9.17, 15) is 32.7 Å². The van der Waals surface area contributed by atoms with Crippen molar-refractivity contribution in [2.45, 2.75) is 292 Å². The molecular weight excluding hydrogens is 1450 g/mol. The van der Waals surface area contributed by atoms with Gasteiger partial charge in [0.05, 0.1) is 42.4 Å². The van der Waals surface area contributed by atoms with Crippen LogP contribution in [0.3, 0.4) is 0 Å². The van der Waals surface area contributed by atoms with Crippen molar-refractivity contribution in [3.05, 3.63) is 56.2 Å². The summed E-state index contributed by atoms with van der Waals surface area (Å²) in [5.74, 6) is 3.09. The Bertz CT molecular complexity index is 2650. The number of hydrogen-bond acceptors (Lipinski definition) is 22. The normalized spacial score (nSPS) is 21.0. The molecule has 1 aromatic carbocycles. The zero-order chi connectivity index (χ0) is 82.4. The molecule has 10 atom stereocenters. The topological polar surface area (TPSA) is 446 Å². The Morgan fingerprint density at radius 1 is 0.573 bits per heavy atom. The molecule has 0 bridgehead atoms. The van der Waals surface area contributed by atoms with Crippen LogP contribution in [0.1, 0.15) is 235 Å². The third kappa shape index (κ3) is 61.9. The predicted octanol–water partition coefficient (Wildman–Crippen LogP) is 11.8. The number of hydrogen-bond donors (Lipinski definition) is 8. The molecule has 110 heavy (non-hydrogen) atoms.